The lowest BCUT2D eigenvalue weighted by Crippen LogP contribution is -2.47. The van der Waals surface area contributed by atoms with E-state index in [0.29, 0.717) is 12.8 Å². The van der Waals surface area contributed by atoms with Crippen LogP contribution in [0.3, 0.4) is 0 Å². The molecule has 0 aliphatic carbocycles. The summed E-state index contributed by atoms with van der Waals surface area (Å²) in [6.07, 6.45) is 50.2. The Morgan fingerprint density at radius 2 is 0.960 bits per heavy atom. The quantitative estimate of drug-likeness (QED) is 0.0340. The van der Waals surface area contributed by atoms with Crippen molar-refractivity contribution in [2.24, 2.45) is 0 Å². The Morgan fingerprint density at radius 1 is 0.560 bits per heavy atom. The molecule has 2 atom stereocenters. The molecule has 7 heteroatoms. The number of carbonyl (C=O) groups excluding carboxylic acids is 1. The van der Waals surface area contributed by atoms with E-state index in [4.69, 9.17) is 0 Å². The van der Waals surface area contributed by atoms with E-state index in [1.54, 1.807) is 0 Å². The monoisotopic (exact) mass is 720 g/mol. The van der Waals surface area contributed by atoms with Crippen molar-refractivity contribution in [2.75, 3.05) is 5.75 Å². The van der Waals surface area contributed by atoms with Gasteiger partial charge < -0.3 is 10.4 Å². The van der Waals surface area contributed by atoms with Gasteiger partial charge in [-0.2, -0.15) is 8.42 Å². The van der Waals surface area contributed by atoms with Gasteiger partial charge in [0.25, 0.3) is 10.1 Å². The average Bonchev–Trinajstić information content (AvgIpc) is 3.08. The smallest absolute Gasteiger partial charge is 0.266 e. The number of allylic oxidation sites excluding steroid dienone is 10. The molecule has 0 spiro atoms. The molecule has 6 nitrogen and oxygen atoms in total. The highest BCUT2D eigenvalue weighted by molar-refractivity contribution is 7.85. The lowest BCUT2D eigenvalue weighted by Gasteiger charge is -2.23. The molecular formula is C43H77NO5S. The van der Waals surface area contributed by atoms with E-state index in [1.165, 1.54) is 70.6 Å². The van der Waals surface area contributed by atoms with E-state index in [9.17, 15) is 22.9 Å². The van der Waals surface area contributed by atoms with Crippen LogP contribution in [0.4, 0.5) is 0 Å². The van der Waals surface area contributed by atoms with Crippen LogP contribution in [0.25, 0.3) is 0 Å². The van der Waals surface area contributed by atoms with Crippen LogP contribution in [0.1, 0.15) is 187 Å². The third kappa shape index (κ3) is 37.3. The molecule has 0 aromatic heterocycles. The Morgan fingerprint density at radius 3 is 1.42 bits per heavy atom. The van der Waals surface area contributed by atoms with Crippen LogP contribution in [0.15, 0.2) is 60.8 Å². The minimum Gasteiger partial charge on any atom is -0.391 e. The molecule has 0 aliphatic rings. The molecule has 50 heavy (non-hydrogen) atoms. The molecule has 3 N–H and O–H groups in total. The summed E-state index contributed by atoms with van der Waals surface area (Å²) in [5.74, 6) is -0.925. The van der Waals surface area contributed by atoms with Gasteiger partial charge in [0.2, 0.25) is 5.91 Å². The highest BCUT2D eigenvalue weighted by Crippen LogP contribution is 2.15. The number of carbonyl (C=O) groups is 1. The summed E-state index contributed by atoms with van der Waals surface area (Å²) in [6.45, 7) is 4.40. The Kier molecular flexibility index (Phi) is 35.4. The largest absolute Gasteiger partial charge is 0.391 e. The van der Waals surface area contributed by atoms with Gasteiger partial charge in [-0.1, -0.05) is 184 Å². The molecule has 0 bridgehead atoms. The van der Waals surface area contributed by atoms with E-state index < -0.39 is 28.0 Å². The number of amides is 1. The third-order valence-electron chi connectivity index (χ3n) is 8.99. The number of nitrogens with one attached hydrogen (secondary N) is 1. The van der Waals surface area contributed by atoms with E-state index in [1.807, 2.05) is 0 Å². The van der Waals surface area contributed by atoms with Crippen LogP contribution in [0.5, 0.6) is 0 Å². The first-order valence-electron chi connectivity index (χ1n) is 20.5. The fraction of sp³-hybridized carbons (Fsp3) is 0.744. The van der Waals surface area contributed by atoms with Gasteiger partial charge in [0.1, 0.15) is 0 Å². The second-order valence-electron chi connectivity index (χ2n) is 13.9. The Hall–Kier alpha value is -1.96. The van der Waals surface area contributed by atoms with Crippen molar-refractivity contribution in [1.29, 1.82) is 0 Å². The van der Waals surface area contributed by atoms with Crippen molar-refractivity contribution in [1.82, 2.24) is 5.32 Å². The summed E-state index contributed by atoms with van der Waals surface area (Å²) < 4.78 is 32.5. The Bertz CT molecular complexity index is 1010. The van der Waals surface area contributed by atoms with Crippen LogP contribution < -0.4 is 5.32 Å². The number of aliphatic hydroxyl groups is 1. The first kappa shape index (κ1) is 48.0. The number of rotatable bonds is 36. The van der Waals surface area contributed by atoms with Crippen molar-refractivity contribution in [2.45, 2.75) is 199 Å². The van der Waals surface area contributed by atoms with Crippen molar-refractivity contribution >= 4 is 16.0 Å². The van der Waals surface area contributed by atoms with Crippen LogP contribution >= 0.6 is 0 Å². The van der Waals surface area contributed by atoms with Gasteiger partial charge in [-0.25, -0.2) is 0 Å². The minimum absolute atomic E-state index is 0.266. The summed E-state index contributed by atoms with van der Waals surface area (Å²) >= 11 is 0. The summed E-state index contributed by atoms with van der Waals surface area (Å²) in [7, 11) is -4.32. The normalized spacial score (nSPS) is 13.9. The van der Waals surface area contributed by atoms with Gasteiger partial charge in [-0.15, -0.1) is 0 Å². The molecular weight excluding hydrogens is 643 g/mol. The van der Waals surface area contributed by atoms with Crippen molar-refractivity contribution in [3.8, 4) is 0 Å². The minimum atomic E-state index is -4.32. The number of unbranched alkanes of at least 4 members (excludes halogenated alkanes) is 18. The van der Waals surface area contributed by atoms with E-state index in [0.717, 1.165) is 89.9 Å². The molecule has 0 rings (SSSR count). The Balaban J connectivity index is 3.93. The Labute approximate surface area is 309 Å². The molecule has 0 fully saturated rings. The molecule has 0 radical (unpaired) electrons. The molecule has 0 aliphatic heterocycles. The standard InChI is InChI=1S/C43H77NO5S/c1-3-5-7-9-11-13-15-17-19-20-21-22-23-24-25-27-29-31-33-35-37-39-43(46)44-41(40-50(47,48)49)42(45)38-36-34-32-30-28-26-18-16-14-12-10-8-6-4-2/h5,7,11,13,17,19,21-22,24-25,41-42,45H,3-4,6,8-10,12,14-16,18,20,23,26-40H2,1-2H3,(H,44,46)(H,47,48,49)/b7-5-,13-11-,19-17-,22-21-,25-24-. The summed E-state index contributed by atoms with van der Waals surface area (Å²) in [6, 6.07) is -0.983. The predicted molar refractivity (Wildman–Crippen MR) is 216 cm³/mol. The molecule has 0 aromatic rings. The molecule has 2 unspecified atom stereocenters. The SMILES string of the molecule is CC/C=C\C/C=C\C/C=C\C/C=C\C/C=C\CCCCCCCC(=O)NC(CS(=O)(=O)O)C(O)CCCCCCCCCCCCCCCC. The lowest BCUT2D eigenvalue weighted by molar-refractivity contribution is -0.122. The third-order valence-corrected chi connectivity index (χ3v) is 9.77. The zero-order chi connectivity index (χ0) is 36.8. The zero-order valence-corrected chi connectivity index (χ0v) is 33.1. The zero-order valence-electron chi connectivity index (χ0n) is 32.3. The fourth-order valence-electron chi connectivity index (χ4n) is 5.95. The highest BCUT2D eigenvalue weighted by atomic mass is 32.2. The van der Waals surface area contributed by atoms with Crippen molar-refractivity contribution in [3.63, 3.8) is 0 Å². The van der Waals surface area contributed by atoms with E-state index in [-0.39, 0.29) is 5.91 Å². The van der Waals surface area contributed by atoms with Crippen molar-refractivity contribution < 1.29 is 22.9 Å². The molecule has 0 heterocycles. The van der Waals surface area contributed by atoms with Gasteiger partial charge in [0.15, 0.2) is 0 Å². The van der Waals surface area contributed by atoms with Gasteiger partial charge in [-0.05, 0) is 57.8 Å². The van der Waals surface area contributed by atoms with Crippen LogP contribution in [-0.4, -0.2) is 41.9 Å². The second kappa shape index (κ2) is 36.8. The summed E-state index contributed by atoms with van der Waals surface area (Å²) in [5.41, 5.74) is 0. The lowest BCUT2D eigenvalue weighted by atomic mass is 10.0. The van der Waals surface area contributed by atoms with Crippen LogP contribution in [-0.2, 0) is 14.9 Å². The van der Waals surface area contributed by atoms with Crippen molar-refractivity contribution in [3.05, 3.63) is 60.8 Å². The molecule has 290 valence electrons. The second-order valence-corrected chi connectivity index (χ2v) is 15.4. The summed E-state index contributed by atoms with van der Waals surface area (Å²) in [4.78, 5) is 12.5. The van der Waals surface area contributed by atoms with Gasteiger partial charge >= 0.3 is 0 Å². The van der Waals surface area contributed by atoms with Gasteiger partial charge in [-0.3, -0.25) is 9.35 Å². The van der Waals surface area contributed by atoms with Crippen LogP contribution in [0.2, 0.25) is 0 Å². The fourth-order valence-corrected chi connectivity index (χ4v) is 6.71. The molecule has 0 aromatic carbocycles. The maximum absolute atomic E-state index is 12.5. The maximum Gasteiger partial charge on any atom is 0.266 e. The molecule has 1 amide bonds. The van der Waals surface area contributed by atoms with E-state index >= 15 is 0 Å². The highest BCUT2D eigenvalue weighted by Gasteiger charge is 2.26. The predicted octanol–water partition coefficient (Wildman–Crippen LogP) is 12.1. The number of aliphatic hydroxyl groups excluding tert-OH is 1. The van der Waals surface area contributed by atoms with Gasteiger partial charge in [0.05, 0.1) is 17.9 Å². The number of hydrogen-bond donors (Lipinski definition) is 3. The van der Waals surface area contributed by atoms with Gasteiger partial charge in [0, 0.05) is 6.42 Å². The molecule has 0 saturated carbocycles. The number of hydrogen-bond acceptors (Lipinski definition) is 4. The van der Waals surface area contributed by atoms with Crippen LogP contribution in [0, 0.1) is 0 Å². The molecule has 0 saturated heterocycles. The first-order valence-corrected chi connectivity index (χ1v) is 22.1. The average molecular weight is 720 g/mol. The maximum atomic E-state index is 12.5. The van der Waals surface area contributed by atoms with E-state index in [2.05, 4.69) is 79.9 Å². The first-order chi connectivity index (χ1) is 24.3. The topological polar surface area (TPSA) is 104 Å². The summed E-state index contributed by atoms with van der Waals surface area (Å²) in [5, 5.41) is 13.3.